The molecule has 5 nitrogen and oxygen atoms in total. The third-order valence-corrected chi connectivity index (χ3v) is 2.62. The van der Waals surface area contributed by atoms with Crippen molar-refractivity contribution in [3.8, 4) is 0 Å². The van der Waals surface area contributed by atoms with E-state index in [1.807, 2.05) is 13.8 Å². The van der Waals surface area contributed by atoms with Gasteiger partial charge in [-0.3, -0.25) is 4.90 Å². The number of nitrogens with zero attached hydrogens (tertiary/aromatic N) is 3. The van der Waals surface area contributed by atoms with Gasteiger partial charge in [0.15, 0.2) is 0 Å². The van der Waals surface area contributed by atoms with Crippen LogP contribution in [0.2, 0.25) is 0 Å². The Morgan fingerprint density at radius 2 is 1.95 bits per heavy atom. The highest BCUT2D eigenvalue weighted by Crippen LogP contribution is 2.22. The Bertz CT molecular complexity index is 524. The quantitative estimate of drug-likeness (QED) is 0.899. The van der Waals surface area contributed by atoms with Crippen LogP contribution in [-0.4, -0.2) is 23.3 Å². The summed E-state index contributed by atoms with van der Waals surface area (Å²) >= 11 is 0. The molecule has 1 N–H and O–H groups in total. The molecule has 0 unspecified atom stereocenters. The zero-order valence-electron chi connectivity index (χ0n) is 11.2. The van der Waals surface area contributed by atoms with Crippen LogP contribution in [0.15, 0.2) is 28.7 Å². The fourth-order valence-electron chi connectivity index (χ4n) is 1.52. The van der Waals surface area contributed by atoms with Crippen LogP contribution in [0.5, 0.6) is 0 Å². The van der Waals surface area contributed by atoms with Crippen molar-refractivity contribution in [1.82, 2.24) is 15.5 Å². The van der Waals surface area contributed by atoms with Gasteiger partial charge in [-0.1, -0.05) is 18.9 Å². The molecule has 2 rings (SSSR count). The minimum atomic E-state index is -0.274. The van der Waals surface area contributed by atoms with Gasteiger partial charge in [-0.05, 0) is 24.3 Å². The fourth-order valence-corrected chi connectivity index (χ4v) is 1.52. The number of halogens is 1. The fraction of sp³-hybridized carbons (Fsp3) is 0.385. The molecule has 0 atom stereocenters. The molecule has 0 amide bonds. The molecule has 102 valence electrons. The van der Waals surface area contributed by atoms with Gasteiger partial charge >= 0.3 is 6.01 Å². The number of hydrogen-bond acceptors (Lipinski definition) is 5. The maximum absolute atomic E-state index is 12.9. The molecular formula is C13H17FN4O. The lowest BCUT2D eigenvalue weighted by Gasteiger charge is -2.13. The van der Waals surface area contributed by atoms with Crippen LogP contribution in [0.4, 0.5) is 16.1 Å². The predicted octanol–water partition coefficient (Wildman–Crippen LogP) is 2.47. The summed E-state index contributed by atoms with van der Waals surface area (Å²) in [6.45, 7) is 4.62. The van der Waals surface area contributed by atoms with Gasteiger partial charge in [0, 0.05) is 18.8 Å². The first-order valence-corrected chi connectivity index (χ1v) is 6.11. The number of hydrogen-bond donors (Lipinski definition) is 1. The van der Waals surface area contributed by atoms with E-state index < -0.39 is 0 Å². The van der Waals surface area contributed by atoms with Crippen molar-refractivity contribution in [2.24, 2.45) is 0 Å². The molecule has 0 bridgehead atoms. The molecule has 0 radical (unpaired) electrons. The lowest BCUT2D eigenvalue weighted by Crippen LogP contribution is -2.21. The molecule has 0 aliphatic carbocycles. The first-order valence-electron chi connectivity index (χ1n) is 6.11. The average Bonchev–Trinajstić information content (AvgIpc) is 2.85. The molecule has 0 aliphatic rings. The van der Waals surface area contributed by atoms with Gasteiger partial charge in [0.2, 0.25) is 5.89 Å². The third kappa shape index (κ3) is 3.51. The van der Waals surface area contributed by atoms with E-state index in [2.05, 4.69) is 15.5 Å². The largest absolute Gasteiger partial charge is 0.406 e. The third-order valence-electron chi connectivity index (χ3n) is 2.62. The van der Waals surface area contributed by atoms with Gasteiger partial charge in [-0.2, -0.15) is 0 Å². The maximum atomic E-state index is 12.9. The first-order chi connectivity index (χ1) is 9.06. The number of anilines is 2. The summed E-state index contributed by atoms with van der Waals surface area (Å²) in [6, 6.07) is 6.83. The van der Waals surface area contributed by atoms with Crippen LogP contribution in [-0.2, 0) is 6.54 Å². The highest BCUT2D eigenvalue weighted by molar-refractivity contribution is 5.54. The van der Waals surface area contributed by atoms with E-state index in [9.17, 15) is 4.39 Å². The van der Waals surface area contributed by atoms with Gasteiger partial charge in [0.05, 0.1) is 6.54 Å². The van der Waals surface area contributed by atoms with Crippen molar-refractivity contribution >= 4 is 11.7 Å². The summed E-state index contributed by atoms with van der Waals surface area (Å²) in [5, 5.41) is 11.1. The van der Waals surface area contributed by atoms with E-state index in [-0.39, 0.29) is 5.82 Å². The first kappa shape index (κ1) is 13.5. The topological polar surface area (TPSA) is 54.2 Å². The van der Waals surface area contributed by atoms with E-state index in [1.165, 1.54) is 12.1 Å². The van der Waals surface area contributed by atoms with Crippen LogP contribution >= 0.6 is 0 Å². The minimum absolute atomic E-state index is 0.274. The van der Waals surface area contributed by atoms with Crippen LogP contribution in [0.25, 0.3) is 0 Å². The van der Waals surface area contributed by atoms with Gasteiger partial charge in [-0.25, -0.2) is 4.39 Å². The van der Waals surface area contributed by atoms with E-state index in [4.69, 9.17) is 4.42 Å². The molecule has 19 heavy (non-hydrogen) atoms. The molecule has 0 aliphatic heterocycles. The van der Waals surface area contributed by atoms with Crippen molar-refractivity contribution < 1.29 is 8.81 Å². The van der Waals surface area contributed by atoms with Gasteiger partial charge in [0.1, 0.15) is 5.82 Å². The number of benzene rings is 1. The second-order valence-corrected chi connectivity index (χ2v) is 4.55. The molecule has 0 saturated heterocycles. The normalized spacial score (nSPS) is 11.0. The Balaban J connectivity index is 2.07. The van der Waals surface area contributed by atoms with Gasteiger partial charge < -0.3 is 9.73 Å². The Labute approximate surface area is 111 Å². The number of rotatable bonds is 5. The Morgan fingerprint density at radius 3 is 2.58 bits per heavy atom. The van der Waals surface area contributed by atoms with Crippen molar-refractivity contribution in [2.45, 2.75) is 26.4 Å². The van der Waals surface area contributed by atoms with E-state index in [1.54, 1.807) is 24.1 Å². The Hall–Kier alpha value is -1.95. The molecule has 0 fully saturated rings. The summed E-state index contributed by atoms with van der Waals surface area (Å²) in [7, 11) is 1.79. The molecular weight excluding hydrogens is 247 g/mol. The second kappa shape index (κ2) is 5.79. The molecule has 1 aromatic carbocycles. The Morgan fingerprint density at radius 1 is 1.26 bits per heavy atom. The van der Waals surface area contributed by atoms with Crippen LogP contribution in [0, 0.1) is 5.82 Å². The van der Waals surface area contributed by atoms with Crippen LogP contribution in [0.3, 0.4) is 0 Å². The maximum Gasteiger partial charge on any atom is 0.322 e. The SMILES string of the molecule is CC(C)NCc1nnc(N(C)c2ccc(F)cc2)o1. The zero-order chi connectivity index (χ0) is 13.8. The van der Waals surface area contributed by atoms with E-state index in [0.717, 1.165) is 5.69 Å². The molecule has 0 saturated carbocycles. The van der Waals surface area contributed by atoms with Crippen LogP contribution in [0.1, 0.15) is 19.7 Å². The van der Waals surface area contributed by atoms with Crippen LogP contribution < -0.4 is 10.2 Å². The number of nitrogens with one attached hydrogen (secondary N) is 1. The summed E-state index contributed by atoms with van der Waals surface area (Å²) in [6.07, 6.45) is 0. The Kier molecular flexibility index (Phi) is 4.11. The predicted molar refractivity (Wildman–Crippen MR) is 70.7 cm³/mol. The zero-order valence-corrected chi connectivity index (χ0v) is 11.2. The monoisotopic (exact) mass is 264 g/mol. The van der Waals surface area contributed by atoms with Gasteiger partial charge in [-0.15, -0.1) is 5.10 Å². The number of aromatic nitrogens is 2. The molecule has 2 aromatic rings. The standard InChI is InChI=1S/C13H17FN4O/c1-9(2)15-8-12-16-17-13(19-12)18(3)11-6-4-10(14)5-7-11/h4-7,9,15H,8H2,1-3H3. The molecule has 1 aromatic heterocycles. The van der Waals surface area contributed by atoms with E-state index in [0.29, 0.717) is 24.5 Å². The molecule has 6 heteroatoms. The van der Waals surface area contributed by atoms with Gasteiger partial charge in [0.25, 0.3) is 0 Å². The summed E-state index contributed by atoms with van der Waals surface area (Å²) < 4.78 is 18.4. The van der Waals surface area contributed by atoms with E-state index >= 15 is 0 Å². The second-order valence-electron chi connectivity index (χ2n) is 4.55. The minimum Gasteiger partial charge on any atom is -0.406 e. The smallest absolute Gasteiger partial charge is 0.322 e. The lowest BCUT2D eigenvalue weighted by molar-refractivity contribution is 0.454. The summed E-state index contributed by atoms with van der Waals surface area (Å²) in [4.78, 5) is 1.71. The lowest BCUT2D eigenvalue weighted by atomic mass is 10.3. The molecule has 1 heterocycles. The molecule has 0 spiro atoms. The average molecular weight is 264 g/mol. The summed E-state index contributed by atoms with van der Waals surface area (Å²) in [5.74, 6) is 0.252. The van der Waals surface area contributed by atoms with Crippen molar-refractivity contribution in [3.05, 3.63) is 36.0 Å². The summed E-state index contributed by atoms with van der Waals surface area (Å²) in [5.41, 5.74) is 0.786. The van der Waals surface area contributed by atoms with Crippen molar-refractivity contribution in [3.63, 3.8) is 0 Å². The van der Waals surface area contributed by atoms with Crippen molar-refractivity contribution in [1.29, 1.82) is 0 Å². The van der Waals surface area contributed by atoms with Crippen molar-refractivity contribution in [2.75, 3.05) is 11.9 Å². The highest BCUT2D eigenvalue weighted by Gasteiger charge is 2.12. The highest BCUT2D eigenvalue weighted by atomic mass is 19.1.